The lowest BCUT2D eigenvalue weighted by molar-refractivity contribution is -0.163. The zero-order valence-corrected chi connectivity index (χ0v) is 23.8. The molecule has 5 rings (SSSR count). The van der Waals surface area contributed by atoms with Crippen molar-refractivity contribution in [1.29, 1.82) is 0 Å². The molecule has 2 aromatic carbocycles. The maximum absolute atomic E-state index is 13.9. The van der Waals surface area contributed by atoms with Crippen molar-refractivity contribution >= 4 is 33.6 Å². The minimum Gasteiger partial charge on any atom is -0.360 e. The van der Waals surface area contributed by atoms with Gasteiger partial charge in [-0.05, 0) is 48.4 Å². The maximum Gasteiger partial charge on any atom is 0.274 e. The van der Waals surface area contributed by atoms with Crippen LogP contribution in [0.15, 0.2) is 85.3 Å². The van der Waals surface area contributed by atoms with E-state index in [0.717, 1.165) is 21.9 Å². The Labute approximate surface area is 243 Å². The number of hydroxylamine groups is 1. The van der Waals surface area contributed by atoms with Crippen molar-refractivity contribution in [3.05, 3.63) is 102 Å². The Morgan fingerprint density at radius 3 is 2.55 bits per heavy atom. The standard InChI is InChI=1S/C32H34N6O4/c1-4-28(39)38(32(2,3)29(31(40)37-41)42-20-24-11-7-8-15-34-24)27(30-35-25-14-16-33-19-26(25)36-30)18-21-12-13-22-9-5-6-10-23(22)17-21/h5-17,19,27,29,41H,4,18,20H2,1-3H3,(H,35,36)(H,37,40)/t27-,29+/m0/s1. The van der Waals surface area contributed by atoms with E-state index in [4.69, 9.17) is 9.72 Å². The number of pyridine rings is 2. The van der Waals surface area contributed by atoms with Gasteiger partial charge in [-0.15, -0.1) is 0 Å². The third-order valence-electron chi connectivity index (χ3n) is 7.48. The summed E-state index contributed by atoms with van der Waals surface area (Å²) in [5.41, 5.74) is 3.52. The minimum absolute atomic E-state index is 0.00214. The summed E-state index contributed by atoms with van der Waals surface area (Å²) < 4.78 is 6.11. The number of benzene rings is 2. The Morgan fingerprint density at radius 2 is 1.83 bits per heavy atom. The monoisotopic (exact) mass is 566 g/mol. The molecule has 2 amide bonds. The second-order valence-electron chi connectivity index (χ2n) is 10.7. The molecule has 0 saturated carbocycles. The fraction of sp³-hybridized carbons (Fsp3) is 0.281. The molecular weight excluding hydrogens is 532 g/mol. The number of carbonyl (C=O) groups excluding carboxylic acids is 2. The first-order valence-corrected chi connectivity index (χ1v) is 13.9. The SMILES string of the molecule is CCC(=O)N([C@@H](Cc1ccc2ccccc2c1)c1nc2ccncc2[nH]1)C(C)(C)[C@H](OCc1ccccn1)C(=O)NO. The summed E-state index contributed by atoms with van der Waals surface area (Å²) in [4.78, 5) is 45.4. The first-order chi connectivity index (χ1) is 20.3. The number of hydrogen-bond donors (Lipinski definition) is 3. The van der Waals surface area contributed by atoms with Crippen molar-refractivity contribution in [2.75, 3.05) is 0 Å². The van der Waals surface area contributed by atoms with Crippen LogP contribution < -0.4 is 5.48 Å². The van der Waals surface area contributed by atoms with Gasteiger partial charge >= 0.3 is 0 Å². The lowest BCUT2D eigenvalue weighted by Gasteiger charge is -2.46. The van der Waals surface area contributed by atoms with Gasteiger partial charge in [0.05, 0.1) is 41.1 Å². The number of aromatic nitrogens is 4. The lowest BCUT2D eigenvalue weighted by Crippen LogP contribution is -2.61. The quantitative estimate of drug-likeness (QED) is 0.153. The molecule has 0 aliphatic rings. The van der Waals surface area contributed by atoms with Crippen LogP contribution in [-0.4, -0.2) is 53.5 Å². The van der Waals surface area contributed by atoms with Crippen LogP contribution in [0.4, 0.5) is 0 Å². The number of imidazole rings is 1. The number of carbonyl (C=O) groups is 2. The number of rotatable bonds is 11. The van der Waals surface area contributed by atoms with Gasteiger partial charge < -0.3 is 14.6 Å². The molecule has 216 valence electrons. The molecule has 0 unspecified atom stereocenters. The van der Waals surface area contributed by atoms with E-state index in [1.807, 2.05) is 30.3 Å². The fourth-order valence-corrected chi connectivity index (χ4v) is 5.44. The summed E-state index contributed by atoms with van der Waals surface area (Å²) in [7, 11) is 0. The van der Waals surface area contributed by atoms with Crippen molar-refractivity contribution in [2.45, 2.75) is 57.9 Å². The van der Waals surface area contributed by atoms with Crippen molar-refractivity contribution < 1.29 is 19.5 Å². The van der Waals surface area contributed by atoms with Gasteiger partial charge in [0.2, 0.25) is 5.91 Å². The summed E-state index contributed by atoms with van der Waals surface area (Å²) in [6, 6.07) is 20.8. The van der Waals surface area contributed by atoms with E-state index in [0.29, 0.717) is 23.5 Å². The van der Waals surface area contributed by atoms with Gasteiger partial charge in [0.15, 0.2) is 6.10 Å². The van der Waals surface area contributed by atoms with Gasteiger partial charge in [-0.3, -0.25) is 24.8 Å². The highest BCUT2D eigenvalue weighted by Gasteiger charge is 2.47. The van der Waals surface area contributed by atoms with Crippen LogP contribution in [0, 0.1) is 0 Å². The highest BCUT2D eigenvalue weighted by molar-refractivity contribution is 5.85. The molecule has 0 radical (unpaired) electrons. The zero-order valence-electron chi connectivity index (χ0n) is 23.8. The molecule has 0 bridgehead atoms. The summed E-state index contributed by atoms with van der Waals surface area (Å²) in [5, 5.41) is 11.9. The topological polar surface area (TPSA) is 133 Å². The Kier molecular flexibility index (Phi) is 8.56. The van der Waals surface area contributed by atoms with Gasteiger partial charge in [0.25, 0.3) is 5.91 Å². The summed E-state index contributed by atoms with van der Waals surface area (Å²) in [6.07, 6.45) is 4.32. The number of nitrogens with one attached hydrogen (secondary N) is 2. The van der Waals surface area contributed by atoms with Crippen molar-refractivity contribution in [2.24, 2.45) is 0 Å². The van der Waals surface area contributed by atoms with Crippen LogP contribution in [0.5, 0.6) is 0 Å². The number of ether oxygens (including phenoxy) is 1. The van der Waals surface area contributed by atoms with Crippen molar-refractivity contribution in [3.63, 3.8) is 0 Å². The van der Waals surface area contributed by atoms with Crippen LogP contribution >= 0.6 is 0 Å². The van der Waals surface area contributed by atoms with Gasteiger partial charge in [-0.1, -0.05) is 55.5 Å². The molecular formula is C32H34N6O4. The van der Waals surface area contributed by atoms with Crippen LogP contribution in [0.25, 0.3) is 21.8 Å². The summed E-state index contributed by atoms with van der Waals surface area (Å²) in [5.74, 6) is -0.432. The second-order valence-corrected chi connectivity index (χ2v) is 10.7. The third-order valence-corrected chi connectivity index (χ3v) is 7.48. The molecule has 0 spiro atoms. The fourth-order valence-electron chi connectivity index (χ4n) is 5.44. The molecule has 0 fully saturated rings. The molecule has 0 saturated heterocycles. The summed E-state index contributed by atoms with van der Waals surface area (Å²) in [6.45, 7) is 5.30. The number of nitrogens with zero attached hydrogens (tertiary/aromatic N) is 4. The molecule has 10 heteroatoms. The molecule has 2 atom stereocenters. The molecule has 42 heavy (non-hydrogen) atoms. The number of H-pyrrole nitrogens is 1. The normalized spacial score (nSPS) is 13.1. The Bertz CT molecular complexity index is 1650. The zero-order chi connectivity index (χ0) is 29.7. The van der Waals surface area contributed by atoms with E-state index in [-0.39, 0.29) is 18.9 Å². The minimum atomic E-state index is -1.25. The largest absolute Gasteiger partial charge is 0.360 e. The number of amides is 2. The van der Waals surface area contributed by atoms with Gasteiger partial charge in [-0.25, -0.2) is 10.5 Å². The Hall–Kier alpha value is -4.67. The smallest absolute Gasteiger partial charge is 0.274 e. The maximum atomic E-state index is 13.9. The average molecular weight is 567 g/mol. The molecule has 5 aromatic rings. The van der Waals surface area contributed by atoms with Gasteiger partial charge in [0, 0.05) is 25.2 Å². The molecule has 0 aliphatic carbocycles. The van der Waals surface area contributed by atoms with E-state index in [2.05, 4.69) is 33.2 Å². The van der Waals surface area contributed by atoms with Crippen LogP contribution in [-0.2, 0) is 27.4 Å². The molecule has 10 nitrogen and oxygen atoms in total. The van der Waals surface area contributed by atoms with E-state index >= 15 is 0 Å². The van der Waals surface area contributed by atoms with Crippen LogP contribution in [0.1, 0.15) is 50.3 Å². The highest BCUT2D eigenvalue weighted by atomic mass is 16.5. The Balaban J connectivity index is 1.60. The van der Waals surface area contributed by atoms with Crippen LogP contribution in [0.2, 0.25) is 0 Å². The van der Waals surface area contributed by atoms with Crippen molar-refractivity contribution in [1.82, 2.24) is 30.3 Å². The van der Waals surface area contributed by atoms with E-state index in [9.17, 15) is 14.8 Å². The lowest BCUT2D eigenvalue weighted by atomic mass is 9.89. The predicted molar refractivity (Wildman–Crippen MR) is 158 cm³/mol. The average Bonchev–Trinajstić information content (AvgIpc) is 3.45. The van der Waals surface area contributed by atoms with Gasteiger partial charge in [0.1, 0.15) is 5.82 Å². The molecule has 3 heterocycles. The molecule has 3 aromatic heterocycles. The third kappa shape index (κ3) is 6.00. The molecule has 3 N–H and O–H groups in total. The summed E-state index contributed by atoms with van der Waals surface area (Å²) >= 11 is 0. The Morgan fingerprint density at radius 1 is 1.05 bits per heavy atom. The number of aromatic amines is 1. The second kappa shape index (κ2) is 12.5. The van der Waals surface area contributed by atoms with Gasteiger partial charge in [-0.2, -0.15) is 0 Å². The van der Waals surface area contributed by atoms with Crippen molar-refractivity contribution in [3.8, 4) is 0 Å². The number of hydrogen-bond acceptors (Lipinski definition) is 7. The van der Waals surface area contributed by atoms with Crippen LogP contribution in [0.3, 0.4) is 0 Å². The van der Waals surface area contributed by atoms with E-state index in [1.54, 1.807) is 67.9 Å². The van der Waals surface area contributed by atoms with E-state index in [1.165, 1.54) is 0 Å². The highest BCUT2D eigenvalue weighted by Crippen LogP contribution is 2.36. The first kappa shape index (κ1) is 28.8. The molecule has 0 aliphatic heterocycles. The first-order valence-electron chi connectivity index (χ1n) is 13.9. The van der Waals surface area contributed by atoms with E-state index < -0.39 is 23.6 Å². The predicted octanol–water partition coefficient (Wildman–Crippen LogP) is 4.90. The number of fused-ring (bicyclic) bond motifs is 2.